The van der Waals surface area contributed by atoms with Crippen LogP contribution >= 0.6 is 12.4 Å². The Morgan fingerprint density at radius 1 is 1.27 bits per heavy atom. The van der Waals surface area contributed by atoms with E-state index in [0.29, 0.717) is 6.54 Å². The van der Waals surface area contributed by atoms with Crippen LogP contribution in [0.4, 0.5) is 0 Å². The number of rotatable bonds is 5. The lowest BCUT2D eigenvalue weighted by molar-refractivity contribution is 0.414. The highest BCUT2D eigenvalue weighted by atomic mass is 35.5. The highest BCUT2D eigenvalue weighted by molar-refractivity contribution is 5.85. The molecular weight excluding hydrogens is 212 g/mol. The average Bonchev–Trinajstić information content (AvgIpc) is 2.26. The van der Waals surface area contributed by atoms with Gasteiger partial charge in [0.2, 0.25) is 0 Å². The van der Waals surface area contributed by atoms with Crippen LogP contribution in [-0.4, -0.2) is 13.7 Å². The van der Waals surface area contributed by atoms with Gasteiger partial charge >= 0.3 is 0 Å². The van der Waals surface area contributed by atoms with Gasteiger partial charge in [0.25, 0.3) is 0 Å². The van der Waals surface area contributed by atoms with E-state index in [2.05, 4.69) is 0 Å². The van der Waals surface area contributed by atoms with E-state index in [1.165, 1.54) is 0 Å². The summed E-state index contributed by atoms with van der Waals surface area (Å²) in [6.07, 6.45) is 1.90. The van der Waals surface area contributed by atoms with Gasteiger partial charge in [0, 0.05) is 6.04 Å². The summed E-state index contributed by atoms with van der Waals surface area (Å²) in [5.41, 5.74) is 12.5. The van der Waals surface area contributed by atoms with E-state index in [1.54, 1.807) is 7.11 Å². The lowest BCUT2D eigenvalue weighted by atomic mass is 10.0. The molecule has 15 heavy (non-hydrogen) atoms. The SMILES string of the molecule is COc1ccc([C@H](N)CCCN)cc1.Cl. The molecule has 0 spiro atoms. The van der Waals surface area contributed by atoms with Gasteiger partial charge in [-0.2, -0.15) is 0 Å². The third-order valence-electron chi connectivity index (χ3n) is 2.26. The molecule has 0 unspecified atom stereocenters. The average molecular weight is 231 g/mol. The highest BCUT2D eigenvalue weighted by Gasteiger charge is 2.04. The molecule has 0 heterocycles. The third kappa shape index (κ3) is 4.51. The summed E-state index contributed by atoms with van der Waals surface area (Å²) >= 11 is 0. The molecule has 1 atom stereocenters. The van der Waals surface area contributed by atoms with E-state index < -0.39 is 0 Å². The van der Waals surface area contributed by atoms with Crippen molar-refractivity contribution in [3.05, 3.63) is 29.8 Å². The quantitative estimate of drug-likeness (QED) is 0.812. The summed E-state index contributed by atoms with van der Waals surface area (Å²) in [7, 11) is 1.66. The molecule has 1 aromatic carbocycles. The second-order valence-electron chi connectivity index (χ2n) is 3.31. The van der Waals surface area contributed by atoms with Crippen LogP contribution in [0.2, 0.25) is 0 Å². The topological polar surface area (TPSA) is 61.3 Å². The van der Waals surface area contributed by atoms with E-state index in [0.717, 1.165) is 24.2 Å². The van der Waals surface area contributed by atoms with Crippen molar-refractivity contribution >= 4 is 12.4 Å². The first-order chi connectivity index (χ1) is 6.77. The van der Waals surface area contributed by atoms with Gasteiger partial charge in [-0.25, -0.2) is 0 Å². The zero-order chi connectivity index (χ0) is 10.4. The zero-order valence-corrected chi connectivity index (χ0v) is 9.80. The number of halogens is 1. The summed E-state index contributed by atoms with van der Waals surface area (Å²) in [4.78, 5) is 0. The first kappa shape index (κ1) is 14.2. The molecule has 1 aromatic rings. The Hall–Kier alpha value is -0.770. The van der Waals surface area contributed by atoms with E-state index in [9.17, 15) is 0 Å². The Kier molecular flexibility index (Phi) is 7.13. The molecular formula is C11H19ClN2O. The molecule has 0 radical (unpaired) electrons. The molecule has 0 aromatic heterocycles. The van der Waals surface area contributed by atoms with Crippen molar-refractivity contribution in [2.24, 2.45) is 11.5 Å². The Labute approximate surface area is 97.2 Å². The predicted molar refractivity (Wildman–Crippen MR) is 65.5 cm³/mol. The lowest BCUT2D eigenvalue weighted by Gasteiger charge is -2.11. The van der Waals surface area contributed by atoms with Crippen LogP contribution in [0.5, 0.6) is 5.75 Å². The number of ether oxygens (including phenoxy) is 1. The minimum atomic E-state index is 0. The van der Waals surface area contributed by atoms with Crippen molar-refractivity contribution in [1.82, 2.24) is 0 Å². The molecule has 86 valence electrons. The van der Waals surface area contributed by atoms with Crippen molar-refractivity contribution in [3.8, 4) is 5.75 Å². The molecule has 4 N–H and O–H groups in total. The molecule has 0 aliphatic carbocycles. The van der Waals surface area contributed by atoms with Gasteiger partial charge in [-0.1, -0.05) is 12.1 Å². The number of benzene rings is 1. The minimum Gasteiger partial charge on any atom is -0.497 e. The van der Waals surface area contributed by atoms with Crippen molar-refractivity contribution in [2.45, 2.75) is 18.9 Å². The van der Waals surface area contributed by atoms with Crippen molar-refractivity contribution < 1.29 is 4.74 Å². The maximum atomic E-state index is 5.98. The van der Waals surface area contributed by atoms with Gasteiger partial charge in [-0.3, -0.25) is 0 Å². The standard InChI is InChI=1S/C11H18N2O.ClH/c1-14-10-6-4-9(5-7-10)11(13)3-2-8-12;/h4-7,11H,2-3,8,12-13H2,1H3;1H/t11-;/m1./s1. The minimum absolute atomic E-state index is 0. The second kappa shape index (κ2) is 7.51. The monoisotopic (exact) mass is 230 g/mol. The first-order valence-electron chi connectivity index (χ1n) is 4.87. The van der Waals surface area contributed by atoms with Crippen LogP contribution in [0.25, 0.3) is 0 Å². The molecule has 0 amide bonds. The summed E-state index contributed by atoms with van der Waals surface area (Å²) in [6, 6.07) is 7.94. The molecule has 1 rings (SSSR count). The molecule has 0 fully saturated rings. The lowest BCUT2D eigenvalue weighted by Crippen LogP contribution is -2.12. The third-order valence-corrected chi connectivity index (χ3v) is 2.26. The van der Waals surface area contributed by atoms with Crippen LogP contribution in [0, 0.1) is 0 Å². The molecule has 0 saturated carbocycles. The van der Waals surface area contributed by atoms with E-state index >= 15 is 0 Å². The van der Waals surface area contributed by atoms with Crippen molar-refractivity contribution in [2.75, 3.05) is 13.7 Å². The fourth-order valence-corrected chi connectivity index (χ4v) is 1.36. The smallest absolute Gasteiger partial charge is 0.118 e. The fourth-order valence-electron chi connectivity index (χ4n) is 1.36. The van der Waals surface area contributed by atoms with Gasteiger partial charge in [-0.15, -0.1) is 12.4 Å². The molecule has 0 aliphatic heterocycles. The number of hydrogen-bond donors (Lipinski definition) is 2. The van der Waals surface area contributed by atoms with Gasteiger partial charge in [0.05, 0.1) is 7.11 Å². The summed E-state index contributed by atoms with van der Waals surface area (Å²) < 4.78 is 5.07. The summed E-state index contributed by atoms with van der Waals surface area (Å²) in [5, 5.41) is 0. The number of methoxy groups -OCH3 is 1. The highest BCUT2D eigenvalue weighted by Crippen LogP contribution is 2.18. The molecule has 0 bridgehead atoms. The molecule has 4 heteroatoms. The van der Waals surface area contributed by atoms with Crippen LogP contribution in [0.1, 0.15) is 24.4 Å². The Morgan fingerprint density at radius 3 is 2.33 bits per heavy atom. The molecule has 3 nitrogen and oxygen atoms in total. The first-order valence-corrected chi connectivity index (χ1v) is 4.87. The van der Waals surface area contributed by atoms with Crippen LogP contribution in [0.3, 0.4) is 0 Å². The second-order valence-corrected chi connectivity index (χ2v) is 3.31. The van der Waals surface area contributed by atoms with Gasteiger partial charge in [0.1, 0.15) is 5.75 Å². The molecule has 0 aliphatic rings. The Bertz CT molecular complexity index is 264. The van der Waals surface area contributed by atoms with Crippen molar-refractivity contribution in [3.63, 3.8) is 0 Å². The summed E-state index contributed by atoms with van der Waals surface area (Å²) in [6.45, 7) is 0.698. The van der Waals surface area contributed by atoms with Crippen molar-refractivity contribution in [1.29, 1.82) is 0 Å². The predicted octanol–water partition coefficient (Wildman–Crippen LogP) is 1.86. The van der Waals surface area contributed by atoms with Crippen LogP contribution < -0.4 is 16.2 Å². The van der Waals surface area contributed by atoms with Gasteiger partial charge in [0.15, 0.2) is 0 Å². The van der Waals surface area contributed by atoms with E-state index in [-0.39, 0.29) is 18.4 Å². The maximum Gasteiger partial charge on any atom is 0.118 e. The van der Waals surface area contributed by atoms with Crippen LogP contribution in [0.15, 0.2) is 24.3 Å². The zero-order valence-electron chi connectivity index (χ0n) is 8.98. The fraction of sp³-hybridized carbons (Fsp3) is 0.455. The normalized spacial score (nSPS) is 11.7. The number of nitrogens with two attached hydrogens (primary N) is 2. The van der Waals surface area contributed by atoms with Gasteiger partial charge in [-0.05, 0) is 37.1 Å². The maximum absolute atomic E-state index is 5.98. The van der Waals surface area contributed by atoms with E-state index in [1.807, 2.05) is 24.3 Å². The Balaban J connectivity index is 0.00000196. The Morgan fingerprint density at radius 2 is 1.87 bits per heavy atom. The van der Waals surface area contributed by atoms with Gasteiger partial charge < -0.3 is 16.2 Å². The van der Waals surface area contributed by atoms with Crippen LogP contribution in [-0.2, 0) is 0 Å². The number of hydrogen-bond acceptors (Lipinski definition) is 3. The largest absolute Gasteiger partial charge is 0.497 e. The van der Waals surface area contributed by atoms with E-state index in [4.69, 9.17) is 16.2 Å². The summed E-state index contributed by atoms with van der Waals surface area (Å²) in [5.74, 6) is 0.861. The molecule has 0 saturated heterocycles.